The lowest BCUT2D eigenvalue weighted by molar-refractivity contribution is 0.563. The molecule has 1 aromatic rings. The van der Waals surface area contributed by atoms with Crippen LogP contribution in [0.15, 0.2) is 12.4 Å². The Labute approximate surface area is 95.9 Å². The Morgan fingerprint density at radius 3 is 2.88 bits per heavy atom. The summed E-state index contributed by atoms with van der Waals surface area (Å²) in [5.74, 6) is 0.0863. The molecule has 0 fully saturated rings. The molecular weight excluding hydrogens is 228 g/mol. The number of rotatable bonds is 7. The Balaban J connectivity index is 2.46. The summed E-state index contributed by atoms with van der Waals surface area (Å²) in [4.78, 5) is 0. The molecule has 0 bridgehead atoms. The van der Waals surface area contributed by atoms with Gasteiger partial charge in [0.2, 0.25) is 10.0 Å². The van der Waals surface area contributed by atoms with E-state index in [-0.39, 0.29) is 11.8 Å². The van der Waals surface area contributed by atoms with E-state index in [0.717, 1.165) is 12.1 Å². The highest BCUT2D eigenvalue weighted by molar-refractivity contribution is 7.89. The summed E-state index contributed by atoms with van der Waals surface area (Å²) in [6.45, 7) is 4.96. The van der Waals surface area contributed by atoms with Gasteiger partial charge in [0.25, 0.3) is 0 Å². The van der Waals surface area contributed by atoms with Crippen molar-refractivity contribution in [3.8, 4) is 0 Å². The maximum Gasteiger partial charge on any atom is 0.213 e. The number of H-pyrrole nitrogens is 1. The topological polar surface area (TPSA) is 86.9 Å². The van der Waals surface area contributed by atoms with E-state index in [1.807, 2.05) is 6.92 Å². The molecule has 0 aromatic carbocycles. The van der Waals surface area contributed by atoms with Crippen LogP contribution in [-0.4, -0.2) is 37.5 Å². The third-order valence-electron chi connectivity index (χ3n) is 2.17. The monoisotopic (exact) mass is 246 g/mol. The van der Waals surface area contributed by atoms with Gasteiger partial charge in [-0.25, -0.2) is 13.1 Å². The maximum absolute atomic E-state index is 11.6. The van der Waals surface area contributed by atoms with Gasteiger partial charge in [-0.2, -0.15) is 5.10 Å². The van der Waals surface area contributed by atoms with Crippen molar-refractivity contribution >= 4 is 10.0 Å². The fraction of sp³-hybridized carbons (Fsp3) is 0.667. The molecule has 0 spiro atoms. The molecule has 6 nitrogen and oxygen atoms in total. The van der Waals surface area contributed by atoms with E-state index in [0.29, 0.717) is 6.54 Å². The zero-order valence-corrected chi connectivity index (χ0v) is 10.3. The molecule has 7 heteroatoms. The summed E-state index contributed by atoms with van der Waals surface area (Å²) in [5.41, 5.74) is 0.826. The largest absolute Gasteiger partial charge is 0.316 e. The number of nitrogens with one attached hydrogen (secondary N) is 3. The van der Waals surface area contributed by atoms with Gasteiger partial charge < -0.3 is 5.32 Å². The van der Waals surface area contributed by atoms with Crippen LogP contribution in [0.25, 0.3) is 0 Å². The highest BCUT2D eigenvalue weighted by Crippen LogP contribution is 2.10. The molecule has 0 aliphatic heterocycles. The molecule has 0 aliphatic carbocycles. The van der Waals surface area contributed by atoms with Crippen LogP contribution in [0.2, 0.25) is 0 Å². The second-order valence-corrected chi connectivity index (χ2v) is 5.42. The van der Waals surface area contributed by atoms with Crippen molar-refractivity contribution in [1.29, 1.82) is 0 Å². The summed E-state index contributed by atoms with van der Waals surface area (Å²) in [5, 5.41) is 9.40. The van der Waals surface area contributed by atoms with Crippen LogP contribution in [0.4, 0.5) is 0 Å². The van der Waals surface area contributed by atoms with Crippen molar-refractivity contribution in [2.24, 2.45) is 0 Å². The molecule has 0 saturated heterocycles. The molecule has 16 heavy (non-hydrogen) atoms. The minimum atomic E-state index is -3.23. The van der Waals surface area contributed by atoms with E-state index in [2.05, 4.69) is 20.2 Å². The van der Waals surface area contributed by atoms with Crippen molar-refractivity contribution in [3.63, 3.8) is 0 Å². The van der Waals surface area contributed by atoms with Crippen LogP contribution < -0.4 is 10.0 Å². The molecule has 3 N–H and O–H groups in total. The second-order valence-electron chi connectivity index (χ2n) is 3.54. The van der Waals surface area contributed by atoms with Gasteiger partial charge in [0.1, 0.15) is 0 Å². The molecule has 0 saturated carbocycles. The minimum absolute atomic E-state index is 0.0863. The van der Waals surface area contributed by atoms with Crippen molar-refractivity contribution < 1.29 is 8.42 Å². The van der Waals surface area contributed by atoms with Gasteiger partial charge in [-0.05, 0) is 13.5 Å². The fourth-order valence-corrected chi connectivity index (χ4v) is 2.48. The molecule has 1 rings (SSSR count). The molecule has 0 aliphatic rings. The van der Waals surface area contributed by atoms with Gasteiger partial charge >= 0.3 is 0 Å². The molecule has 1 aromatic heterocycles. The first-order valence-electron chi connectivity index (χ1n) is 5.24. The molecule has 92 valence electrons. The predicted octanol–water partition coefficient (Wildman–Crippen LogP) is -0.000400. The van der Waals surface area contributed by atoms with E-state index in [4.69, 9.17) is 0 Å². The highest BCUT2D eigenvalue weighted by Gasteiger charge is 2.15. The fourth-order valence-electron chi connectivity index (χ4n) is 1.28. The number of hydrogen-bond acceptors (Lipinski definition) is 4. The highest BCUT2D eigenvalue weighted by atomic mass is 32.2. The van der Waals surface area contributed by atoms with Crippen molar-refractivity contribution in [1.82, 2.24) is 20.2 Å². The van der Waals surface area contributed by atoms with Gasteiger partial charge in [0.15, 0.2) is 0 Å². The maximum atomic E-state index is 11.6. The first-order valence-corrected chi connectivity index (χ1v) is 6.90. The van der Waals surface area contributed by atoms with E-state index in [9.17, 15) is 8.42 Å². The summed E-state index contributed by atoms with van der Waals surface area (Å²) in [6.07, 6.45) is 3.29. The van der Waals surface area contributed by atoms with Crippen LogP contribution in [-0.2, 0) is 10.0 Å². The van der Waals surface area contributed by atoms with Gasteiger partial charge in [0.05, 0.1) is 11.9 Å². The quantitative estimate of drug-likeness (QED) is 0.591. The zero-order valence-electron chi connectivity index (χ0n) is 9.53. The Bertz CT molecular complexity index is 388. The van der Waals surface area contributed by atoms with Crippen molar-refractivity contribution in [3.05, 3.63) is 18.0 Å². The first kappa shape index (κ1) is 13.1. The summed E-state index contributed by atoms with van der Waals surface area (Å²) < 4.78 is 25.8. The number of hydrogen-bond donors (Lipinski definition) is 3. The summed E-state index contributed by atoms with van der Waals surface area (Å²) in [6, 6.07) is -0.259. The number of nitrogens with zero attached hydrogens (tertiary/aromatic N) is 1. The van der Waals surface area contributed by atoms with Crippen LogP contribution in [0.5, 0.6) is 0 Å². The minimum Gasteiger partial charge on any atom is -0.316 e. The molecule has 0 amide bonds. The molecule has 0 radical (unpaired) electrons. The number of sulfonamides is 1. The van der Waals surface area contributed by atoms with E-state index in [1.165, 1.54) is 0 Å². The number of aromatic amines is 1. The SMILES string of the molecule is CCNCCS(=O)(=O)NC(C)c1cn[nH]c1. The standard InChI is InChI=1S/C9H18N4O2S/c1-3-10-4-5-16(14,15)13-8(2)9-6-11-12-7-9/h6-8,10,13H,3-5H2,1-2H3,(H,11,12). The average molecular weight is 246 g/mol. The van der Waals surface area contributed by atoms with Gasteiger partial charge in [-0.1, -0.05) is 6.92 Å². The molecule has 1 heterocycles. The lowest BCUT2D eigenvalue weighted by atomic mass is 10.2. The van der Waals surface area contributed by atoms with E-state index >= 15 is 0 Å². The summed E-state index contributed by atoms with van der Waals surface area (Å²) in [7, 11) is -3.23. The van der Waals surface area contributed by atoms with Crippen molar-refractivity contribution in [2.45, 2.75) is 19.9 Å². The van der Waals surface area contributed by atoms with E-state index < -0.39 is 10.0 Å². The molecular formula is C9H18N4O2S. The van der Waals surface area contributed by atoms with Gasteiger partial charge in [0, 0.05) is 24.3 Å². The molecule has 1 unspecified atom stereocenters. The number of aromatic nitrogens is 2. The lowest BCUT2D eigenvalue weighted by Crippen LogP contribution is -2.33. The first-order chi connectivity index (χ1) is 7.55. The Morgan fingerprint density at radius 1 is 1.56 bits per heavy atom. The molecule has 1 atom stereocenters. The average Bonchev–Trinajstić information content (AvgIpc) is 2.69. The normalized spacial score (nSPS) is 13.9. The summed E-state index contributed by atoms with van der Waals surface area (Å²) >= 11 is 0. The smallest absolute Gasteiger partial charge is 0.213 e. The second kappa shape index (κ2) is 5.97. The third kappa shape index (κ3) is 4.30. The Morgan fingerprint density at radius 2 is 2.31 bits per heavy atom. The zero-order chi connectivity index (χ0) is 12.0. The van der Waals surface area contributed by atoms with Crippen LogP contribution in [0.1, 0.15) is 25.5 Å². The lowest BCUT2D eigenvalue weighted by Gasteiger charge is -2.12. The van der Waals surface area contributed by atoms with Gasteiger partial charge in [-0.15, -0.1) is 0 Å². The van der Waals surface area contributed by atoms with Crippen LogP contribution >= 0.6 is 0 Å². The predicted molar refractivity (Wildman–Crippen MR) is 62.5 cm³/mol. The van der Waals surface area contributed by atoms with Crippen LogP contribution in [0.3, 0.4) is 0 Å². The Kier molecular flexibility index (Phi) is 4.91. The van der Waals surface area contributed by atoms with Gasteiger partial charge in [-0.3, -0.25) is 5.10 Å². The van der Waals surface area contributed by atoms with Crippen LogP contribution in [0, 0.1) is 0 Å². The van der Waals surface area contributed by atoms with E-state index in [1.54, 1.807) is 19.3 Å². The third-order valence-corrected chi connectivity index (χ3v) is 3.63. The Hall–Kier alpha value is -0.920. The van der Waals surface area contributed by atoms with Crippen molar-refractivity contribution in [2.75, 3.05) is 18.8 Å².